The summed E-state index contributed by atoms with van der Waals surface area (Å²) in [5.41, 5.74) is 4.81. The van der Waals surface area contributed by atoms with Gasteiger partial charge in [0.05, 0.1) is 5.69 Å². The lowest BCUT2D eigenvalue weighted by Gasteiger charge is -2.28. The maximum absolute atomic E-state index is 12.5. The van der Waals surface area contributed by atoms with Gasteiger partial charge in [0.2, 0.25) is 5.91 Å². The monoisotopic (exact) mass is 335 g/mol. The molecule has 0 bridgehead atoms. The summed E-state index contributed by atoms with van der Waals surface area (Å²) >= 11 is 0. The number of hydrogen-bond acceptors (Lipinski definition) is 4. The molecule has 0 aliphatic carbocycles. The van der Waals surface area contributed by atoms with E-state index in [0.717, 1.165) is 0 Å². The Morgan fingerprint density at radius 3 is 2.56 bits per heavy atom. The lowest BCUT2D eigenvalue weighted by Crippen LogP contribution is -2.47. The highest BCUT2D eigenvalue weighted by atomic mass is 16.2. The van der Waals surface area contributed by atoms with Gasteiger partial charge in [0.1, 0.15) is 5.70 Å². The van der Waals surface area contributed by atoms with Crippen LogP contribution in [-0.2, 0) is 9.59 Å². The third-order valence-corrected chi connectivity index (χ3v) is 3.75. The molecule has 2 aromatic rings. The molecule has 1 heterocycles. The molecule has 1 aliphatic rings. The third kappa shape index (κ3) is 3.74. The van der Waals surface area contributed by atoms with Crippen molar-refractivity contribution in [1.29, 1.82) is 0 Å². The number of para-hydroxylation sites is 1. The maximum Gasteiger partial charge on any atom is 0.273 e. The van der Waals surface area contributed by atoms with Crippen LogP contribution in [0.2, 0.25) is 0 Å². The van der Waals surface area contributed by atoms with Crippen molar-refractivity contribution >= 4 is 29.0 Å². The second-order valence-electron chi connectivity index (χ2n) is 5.59. The van der Waals surface area contributed by atoms with E-state index in [-0.39, 0.29) is 29.7 Å². The number of nitrogens with zero attached hydrogens (tertiary/aromatic N) is 1. The number of Topliss-reactive ketones (excluding diaryl/α,β-unsaturated/α-hetero) is 1. The van der Waals surface area contributed by atoms with Gasteiger partial charge in [-0.05, 0) is 37.3 Å². The fourth-order valence-corrected chi connectivity index (χ4v) is 2.45. The van der Waals surface area contributed by atoms with Crippen LogP contribution in [0.15, 0.2) is 66.4 Å². The van der Waals surface area contributed by atoms with E-state index in [0.29, 0.717) is 16.9 Å². The van der Waals surface area contributed by atoms with E-state index in [1.165, 1.54) is 11.9 Å². The third-order valence-electron chi connectivity index (χ3n) is 3.75. The summed E-state index contributed by atoms with van der Waals surface area (Å²) in [7, 11) is 0. The second-order valence-corrected chi connectivity index (χ2v) is 5.59. The average molecular weight is 335 g/mol. The van der Waals surface area contributed by atoms with Gasteiger partial charge in [-0.15, -0.1) is 0 Å². The zero-order valence-electron chi connectivity index (χ0n) is 13.7. The Hall–Kier alpha value is -3.41. The molecule has 0 saturated carbocycles. The summed E-state index contributed by atoms with van der Waals surface area (Å²) in [5.74, 6) is -0.609. The topological polar surface area (TPSA) is 78.5 Å². The lowest BCUT2D eigenvalue weighted by molar-refractivity contribution is -0.119. The van der Waals surface area contributed by atoms with Crippen LogP contribution in [0, 0.1) is 0 Å². The smallest absolute Gasteiger partial charge is 0.273 e. The second kappa shape index (κ2) is 7.00. The number of carbonyl (C=O) groups excluding carboxylic acids is 3. The highest BCUT2D eigenvalue weighted by Gasteiger charge is 2.24. The van der Waals surface area contributed by atoms with Crippen LogP contribution >= 0.6 is 0 Å². The zero-order valence-corrected chi connectivity index (χ0v) is 13.7. The average Bonchev–Trinajstić information content (AvgIpc) is 2.63. The molecule has 6 nitrogen and oxygen atoms in total. The Morgan fingerprint density at radius 2 is 1.84 bits per heavy atom. The highest BCUT2D eigenvalue weighted by Crippen LogP contribution is 2.18. The quantitative estimate of drug-likeness (QED) is 0.842. The number of ketones is 1. The normalized spacial score (nSPS) is 13.7. The van der Waals surface area contributed by atoms with Gasteiger partial charge >= 0.3 is 0 Å². The van der Waals surface area contributed by atoms with Crippen molar-refractivity contribution in [3.8, 4) is 0 Å². The van der Waals surface area contributed by atoms with E-state index < -0.39 is 0 Å². The van der Waals surface area contributed by atoms with Crippen LogP contribution in [0.3, 0.4) is 0 Å². The van der Waals surface area contributed by atoms with Crippen molar-refractivity contribution in [1.82, 2.24) is 5.43 Å². The Bertz CT molecular complexity index is 859. The molecule has 0 saturated heterocycles. The summed E-state index contributed by atoms with van der Waals surface area (Å²) in [6, 6.07) is 15.7. The molecule has 0 fully saturated rings. The van der Waals surface area contributed by atoms with Crippen molar-refractivity contribution in [2.45, 2.75) is 13.3 Å². The summed E-state index contributed by atoms with van der Waals surface area (Å²) in [4.78, 5) is 36.0. The van der Waals surface area contributed by atoms with Gasteiger partial charge in [-0.25, -0.2) is 5.01 Å². The molecule has 0 unspecified atom stereocenters. The van der Waals surface area contributed by atoms with Crippen molar-refractivity contribution < 1.29 is 14.4 Å². The van der Waals surface area contributed by atoms with Crippen molar-refractivity contribution in [2.24, 2.45) is 0 Å². The first-order chi connectivity index (χ1) is 12.0. The number of hydrazine groups is 1. The van der Waals surface area contributed by atoms with Crippen LogP contribution in [0.25, 0.3) is 0 Å². The first-order valence-corrected chi connectivity index (χ1v) is 7.82. The molecule has 2 N–H and O–H groups in total. The van der Waals surface area contributed by atoms with Crippen LogP contribution in [0.4, 0.5) is 11.4 Å². The number of amides is 2. The summed E-state index contributed by atoms with van der Waals surface area (Å²) < 4.78 is 0. The maximum atomic E-state index is 12.5. The highest BCUT2D eigenvalue weighted by molar-refractivity contribution is 6.07. The molecule has 0 aromatic heterocycles. The van der Waals surface area contributed by atoms with E-state index in [1.807, 2.05) is 18.2 Å². The number of anilines is 2. The molecule has 3 rings (SSSR count). The van der Waals surface area contributed by atoms with Gasteiger partial charge in [-0.3, -0.25) is 19.8 Å². The minimum atomic E-state index is -0.380. The van der Waals surface area contributed by atoms with Crippen LogP contribution in [-0.4, -0.2) is 17.6 Å². The number of rotatable bonds is 4. The van der Waals surface area contributed by atoms with Crippen LogP contribution in [0.1, 0.15) is 23.7 Å². The Kier molecular flexibility index (Phi) is 4.61. The van der Waals surface area contributed by atoms with Gasteiger partial charge in [-0.1, -0.05) is 30.3 Å². The van der Waals surface area contributed by atoms with Gasteiger partial charge in [0, 0.05) is 17.7 Å². The van der Waals surface area contributed by atoms with E-state index in [9.17, 15) is 14.4 Å². The molecule has 0 atom stereocenters. The molecule has 126 valence electrons. The van der Waals surface area contributed by atoms with Gasteiger partial charge in [-0.2, -0.15) is 0 Å². The van der Waals surface area contributed by atoms with Gasteiger partial charge in [0.15, 0.2) is 5.78 Å². The van der Waals surface area contributed by atoms with Crippen molar-refractivity contribution in [3.63, 3.8) is 0 Å². The molecule has 6 heteroatoms. The predicted octanol–water partition coefficient (Wildman–Crippen LogP) is 2.65. The molecule has 2 aromatic carbocycles. The van der Waals surface area contributed by atoms with Crippen LogP contribution in [0.5, 0.6) is 0 Å². The first kappa shape index (κ1) is 16.4. The first-order valence-electron chi connectivity index (χ1n) is 7.82. The largest absolute Gasteiger partial charge is 0.321 e. The molecular formula is C19H17N3O3. The summed E-state index contributed by atoms with van der Waals surface area (Å²) in [5, 5.41) is 4.08. The summed E-state index contributed by atoms with van der Waals surface area (Å²) in [6.07, 6.45) is 1.67. The minimum absolute atomic E-state index is 0.0769. The lowest BCUT2D eigenvalue weighted by atomic mass is 10.1. The molecule has 0 spiro atoms. The standard InChI is InChI=1S/C19H17N3O3/c1-13(23)14-6-5-7-15(12-14)20-19(25)17-10-11-18(24)22(21-17)16-8-3-2-4-9-16/h2-10,12,21H,11H2,1H3,(H,20,25). The number of carbonyl (C=O) groups is 3. The fourth-order valence-electron chi connectivity index (χ4n) is 2.45. The van der Waals surface area contributed by atoms with E-state index in [4.69, 9.17) is 0 Å². The molecule has 0 radical (unpaired) electrons. The van der Waals surface area contributed by atoms with E-state index in [2.05, 4.69) is 10.7 Å². The molecule has 2 amide bonds. The van der Waals surface area contributed by atoms with Crippen LogP contribution < -0.4 is 15.8 Å². The molecular weight excluding hydrogens is 318 g/mol. The van der Waals surface area contributed by atoms with Gasteiger partial charge < -0.3 is 5.32 Å². The summed E-state index contributed by atoms with van der Waals surface area (Å²) in [6.45, 7) is 1.47. The Balaban J connectivity index is 1.75. The Labute approximate surface area is 145 Å². The minimum Gasteiger partial charge on any atom is -0.321 e. The SMILES string of the molecule is CC(=O)c1cccc(NC(=O)C2=CCC(=O)N(c3ccccc3)N2)c1. The Morgan fingerprint density at radius 1 is 1.08 bits per heavy atom. The van der Waals surface area contributed by atoms with Gasteiger partial charge in [0.25, 0.3) is 5.91 Å². The predicted molar refractivity (Wildman–Crippen MR) is 94.8 cm³/mol. The molecule has 25 heavy (non-hydrogen) atoms. The zero-order chi connectivity index (χ0) is 17.8. The fraction of sp³-hybridized carbons (Fsp3) is 0.105. The number of hydrogen-bond donors (Lipinski definition) is 2. The van der Waals surface area contributed by atoms with E-state index >= 15 is 0 Å². The van der Waals surface area contributed by atoms with Crippen molar-refractivity contribution in [2.75, 3.05) is 10.3 Å². The number of nitrogens with one attached hydrogen (secondary N) is 2. The van der Waals surface area contributed by atoms with E-state index in [1.54, 1.807) is 42.5 Å². The molecule has 1 aliphatic heterocycles. The van der Waals surface area contributed by atoms with Crippen molar-refractivity contribution in [3.05, 3.63) is 71.9 Å². The number of benzene rings is 2.